The first-order chi connectivity index (χ1) is 8.75. The van der Waals surface area contributed by atoms with Crippen LogP contribution in [0.3, 0.4) is 0 Å². The molecule has 5 heteroatoms. The Morgan fingerprint density at radius 2 is 2.33 bits per heavy atom. The number of piperidine rings is 1. The standard InChI is InChI=1S/C13H19N3O2/c17-9-3-2-6-16(8-9)13(18)10-4-1-5-12-11(10)7-14-15-12/h7,9-10,17H,1-6,8H2,(H,14,15). The number of carbonyl (C=O) groups is 1. The van der Waals surface area contributed by atoms with Crippen LogP contribution in [0.1, 0.15) is 42.9 Å². The normalized spacial score (nSPS) is 27.9. The fourth-order valence-corrected chi connectivity index (χ4v) is 3.09. The first kappa shape index (κ1) is 11.7. The van der Waals surface area contributed by atoms with E-state index in [2.05, 4.69) is 10.2 Å². The Hall–Kier alpha value is -1.36. The van der Waals surface area contributed by atoms with E-state index in [-0.39, 0.29) is 17.9 Å². The van der Waals surface area contributed by atoms with E-state index < -0.39 is 0 Å². The molecule has 1 aliphatic heterocycles. The van der Waals surface area contributed by atoms with E-state index in [0.717, 1.165) is 49.9 Å². The zero-order valence-corrected chi connectivity index (χ0v) is 10.4. The topological polar surface area (TPSA) is 69.2 Å². The Balaban J connectivity index is 1.77. The van der Waals surface area contributed by atoms with Crippen molar-refractivity contribution in [3.05, 3.63) is 17.5 Å². The minimum Gasteiger partial charge on any atom is -0.391 e. The van der Waals surface area contributed by atoms with Crippen molar-refractivity contribution in [3.63, 3.8) is 0 Å². The van der Waals surface area contributed by atoms with Gasteiger partial charge in [-0.3, -0.25) is 9.89 Å². The third-order valence-electron chi connectivity index (χ3n) is 4.05. The van der Waals surface area contributed by atoms with Gasteiger partial charge >= 0.3 is 0 Å². The number of hydrogen-bond donors (Lipinski definition) is 2. The number of aliphatic hydroxyl groups excluding tert-OH is 1. The molecule has 98 valence electrons. The van der Waals surface area contributed by atoms with Crippen molar-refractivity contribution in [3.8, 4) is 0 Å². The van der Waals surface area contributed by atoms with Crippen molar-refractivity contribution in [1.29, 1.82) is 0 Å². The van der Waals surface area contributed by atoms with Gasteiger partial charge in [-0.25, -0.2) is 0 Å². The molecule has 0 aromatic carbocycles. The van der Waals surface area contributed by atoms with Gasteiger partial charge in [0.1, 0.15) is 0 Å². The highest BCUT2D eigenvalue weighted by Gasteiger charge is 2.32. The van der Waals surface area contributed by atoms with Crippen LogP contribution < -0.4 is 0 Å². The summed E-state index contributed by atoms with van der Waals surface area (Å²) in [5.74, 6) is 0.105. The number of carbonyl (C=O) groups excluding carboxylic acids is 1. The molecule has 1 amide bonds. The number of aromatic nitrogens is 2. The van der Waals surface area contributed by atoms with Gasteiger partial charge in [-0.2, -0.15) is 5.10 Å². The quantitative estimate of drug-likeness (QED) is 0.774. The van der Waals surface area contributed by atoms with Gasteiger partial charge in [-0.1, -0.05) is 0 Å². The molecule has 2 N–H and O–H groups in total. The third-order valence-corrected chi connectivity index (χ3v) is 4.05. The molecule has 0 spiro atoms. The number of rotatable bonds is 1. The molecule has 1 saturated heterocycles. The van der Waals surface area contributed by atoms with Gasteiger partial charge in [0.25, 0.3) is 0 Å². The largest absolute Gasteiger partial charge is 0.391 e. The maximum absolute atomic E-state index is 12.5. The molecule has 3 rings (SSSR count). The number of fused-ring (bicyclic) bond motifs is 1. The summed E-state index contributed by atoms with van der Waals surface area (Å²) in [6.45, 7) is 1.27. The van der Waals surface area contributed by atoms with E-state index in [1.807, 2.05) is 4.90 Å². The van der Waals surface area contributed by atoms with Crippen molar-refractivity contribution in [2.75, 3.05) is 13.1 Å². The number of hydrogen-bond acceptors (Lipinski definition) is 3. The number of aliphatic hydroxyl groups is 1. The van der Waals surface area contributed by atoms with Crippen molar-refractivity contribution >= 4 is 5.91 Å². The molecular weight excluding hydrogens is 230 g/mol. The molecular formula is C13H19N3O2. The third kappa shape index (κ3) is 2.03. The van der Waals surface area contributed by atoms with Crippen LogP contribution in [0.15, 0.2) is 6.20 Å². The summed E-state index contributed by atoms with van der Waals surface area (Å²) in [6.07, 6.45) is 6.07. The average molecular weight is 249 g/mol. The van der Waals surface area contributed by atoms with Gasteiger partial charge < -0.3 is 10.0 Å². The van der Waals surface area contributed by atoms with E-state index in [1.165, 1.54) is 0 Å². The smallest absolute Gasteiger partial charge is 0.230 e. The zero-order valence-electron chi connectivity index (χ0n) is 10.4. The van der Waals surface area contributed by atoms with Crippen LogP contribution in [0.5, 0.6) is 0 Å². The van der Waals surface area contributed by atoms with Gasteiger partial charge in [-0.05, 0) is 32.1 Å². The lowest BCUT2D eigenvalue weighted by molar-refractivity contribution is -0.136. The minimum absolute atomic E-state index is 0.0576. The number of β-amino-alcohol motifs (C(OH)–C–C–N with tert-alkyl or cyclic N) is 1. The van der Waals surface area contributed by atoms with Crippen molar-refractivity contribution in [1.82, 2.24) is 15.1 Å². The van der Waals surface area contributed by atoms with Crippen molar-refractivity contribution in [2.24, 2.45) is 0 Å². The predicted molar refractivity (Wildman–Crippen MR) is 66.1 cm³/mol. The summed E-state index contributed by atoms with van der Waals surface area (Å²) >= 11 is 0. The molecule has 18 heavy (non-hydrogen) atoms. The zero-order chi connectivity index (χ0) is 12.5. The molecule has 0 bridgehead atoms. The lowest BCUT2D eigenvalue weighted by Gasteiger charge is -2.34. The average Bonchev–Trinajstić information content (AvgIpc) is 2.86. The monoisotopic (exact) mass is 249 g/mol. The Morgan fingerprint density at radius 1 is 1.44 bits per heavy atom. The lowest BCUT2D eigenvalue weighted by Crippen LogP contribution is -2.44. The van der Waals surface area contributed by atoms with Crippen LogP contribution in [0.25, 0.3) is 0 Å². The number of aryl methyl sites for hydroxylation is 1. The number of amides is 1. The number of nitrogens with zero attached hydrogens (tertiary/aromatic N) is 2. The Morgan fingerprint density at radius 3 is 3.17 bits per heavy atom. The molecule has 1 fully saturated rings. The van der Waals surface area contributed by atoms with Crippen molar-refractivity contribution < 1.29 is 9.90 Å². The molecule has 1 aliphatic carbocycles. The minimum atomic E-state index is -0.352. The molecule has 2 unspecified atom stereocenters. The fourth-order valence-electron chi connectivity index (χ4n) is 3.09. The summed E-state index contributed by atoms with van der Waals surface area (Å²) in [5, 5.41) is 16.7. The van der Waals surface area contributed by atoms with Crippen LogP contribution in [0, 0.1) is 0 Å². The molecule has 5 nitrogen and oxygen atoms in total. The lowest BCUT2D eigenvalue weighted by atomic mass is 9.85. The fraction of sp³-hybridized carbons (Fsp3) is 0.692. The van der Waals surface area contributed by atoms with Gasteiger partial charge in [0, 0.05) is 24.3 Å². The van der Waals surface area contributed by atoms with Gasteiger partial charge in [0.15, 0.2) is 0 Å². The Labute approximate surface area is 106 Å². The SMILES string of the molecule is O=C(C1CCCc2[nH]ncc21)N1CCCC(O)C1. The summed E-state index contributed by atoms with van der Waals surface area (Å²) in [4.78, 5) is 14.4. The van der Waals surface area contributed by atoms with Crippen LogP contribution in [-0.2, 0) is 11.2 Å². The molecule has 2 aliphatic rings. The van der Waals surface area contributed by atoms with Crippen LogP contribution >= 0.6 is 0 Å². The molecule has 2 atom stereocenters. The van der Waals surface area contributed by atoms with Crippen molar-refractivity contribution in [2.45, 2.75) is 44.1 Å². The van der Waals surface area contributed by atoms with E-state index in [9.17, 15) is 9.90 Å². The Bertz CT molecular complexity index is 443. The second-order valence-electron chi connectivity index (χ2n) is 5.33. The van der Waals surface area contributed by atoms with Crippen LogP contribution in [-0.4, -0.2) is 45.3 Å². The summed E-state index contributed by atoms with van der Waals surface area (Å²) in [6, 6.07) is 0. The van der Waals surface area contributed by atoms with Gasteiger partial charge in [0.2, 0.25) is 5.91 Å². The molecule has 0 saturated carbocycles. The highest BCUT2D eigenvalue weighted by atomic mass is 16.3. The molecule has 2 heterocycles. The van der Waals surface area contributed by atoms with Gasteiger partial charge in [0.05, 0.1) is 18.2 Å². The number of nitrogens with one attached hydrogen (secondary N) is 1. The maximum Gasteiger partial charge on any atom is 0.230 e. The van der Waals surface area contributed by atoms with E-state index in [4.69, 9.17) is 0 Å². The van der Waals surface area contributed by atoms with Crippen LogP contribution in [0.4, 0.5) is 0 Å². The Kier molecular flexibility index (Phi) is 3.07. The maximum atomic E-state index is 12.5. The van der Waals surface area contributed by atoms with Gasteiger partial charge in [-0.15, -0.1) is 0 Å². The second-order valence-corrected chi connectivity index (χ2v) is 5.33. The van der Waals surface area contributed by atoms with E-state index in [1.54, 1.807) is 6.20 Å². The number of aromatic amines is 1. The highest BCUT2D eigenvalue weighted by Crippen LogP contribution is 2.32. The number of likely N-dealkylation sites (tertiary alicyclic amines) is 1. The van der Waals surface area contributed by atoms with E-state index >= 15 is 0 Å². The first-order valence-corrected chi connectivity index (χ1v) is 6.74. The summed E-state index contributed by atoms with van der Waals surface area (Å²) in [7, 11) is 0. The molecule has 1 aromatic rings. The van der Waals surface area contributed by atoms with Crippen LogP contribution in [0.2, 0.25) is 0 Å². The first-order valence-electron chi connectivity index (χ1n) is 6.74. The molecule has 1 aromatic heterocycles. The molecule has 0 radical (unpaired) electrons. The predicted octanol–water partition coefficient (Wildman–Crippen LogP) is 0.813. The summed E-state index contributed by atoms with van der Waals surface area (Å²) in [5.41, 5.74) is 2.17. The summed E-state index contributed by atoms with van der Waals surface area (Å²) < 4.78 is 0. The second kappa shape index (κ2) is 4.72. The van der Waals surface area contributed by atoms with E-state index in [0.29, 0.717) is 6.54 Å². The number of H-pyrrole nitrogens is 1. The highest BCUT2D eigenvalue weighted by molar-refractivity contribution is 5.84.